The van der Waals surface area contributed by atoms with Gasteiger partial charge in [-0.15, -0.1) is 0 Å². The van der Waals surface area contributed by atoms with Gasteiger partial charge in [0.15, 0.2) is 0 Å². The smallest absolute Gasteiger partial charge is 0.131 e. The van der Waals surface area contributed by atoms with Gasteiger partial charge in [-0.25, -0.2) is 4.98 Å². The highest BCUT2D eigenvalue weighted by molar-refractivity contribution is 5.89. The summed E-state index contributed by atoms with van der Waals surface area (Å²) in [6.45, 7) is 10.5. The van der Waals surface area contributed by atoms with Gasteiger partial charge in [0.1, 0.15) is 23.9 Å². The third-order valence-corrected chi connectivity index (χ3v) is 4.94. The fourth-order valence-electron chi connectivity index (χ4n) is 3.22. The van der Waals surface area contributed by atoms with Crippen LogP contribution in [-0.4, -0.2) is 47.8 Å². The number of likely N-dealkylation sites (N-methyl/N-ethyl adjacent to an activating group) is 1. The number of hydrogen-bond acceptors (Lipinski definition) is 5. The number of phenolic OH excluding ortho intramolecular Hbond substituents is 1. The Bertz CT molecular complexity index is 921. The predicted octanol–water partition coefficient (Wildman–Crippen LogP) is 5.12. The molecule has 0 bridgehead atoms. The van der Waals surface area contributed by atoms with Gasteiger partial charge in [0.05, 0.1) is 17.8 Å². The summed E-state index contributed by atoms with van der Waals surface area (Å²) in [6.07, 6.45) is 0.981. The zero-order valence-corrected chi connectivity index (χ0v) is 17.5. The summed E-state index contributed by atoms with van der Waals surface area (Å²) in [5.74, 6) is 1.80. The van der Waals surface area contributed by atoms with Crippen molar-refractivity contribution < 1.29 is 14.6 Å². The lowest BCUT2D eigenvalue weighted by Gasteiger charge is -2.19. The van der Waals surface area contributed by atoms with Crippen LogP contribution in [0.3, 0.4) is 0 Å². The van der Waals surface area contributed by atoms with Crippen LogP contribution in [0.2, 0.25) is 0 Å². The van der Waals surface area contributed by atoms with Crippen LogP contribution in [0.4, 0.5) is 0 Å². The molecule has 0 aliphatic rings. The minimum atomic E-state index is 0.207. The number of aromatic nitrogens is 1. The summed E-state index contributed by atoms with van der Waals surface area (Å²) in [6, 6.07) is 15.1. The fourth-order valence-corrected chi connectivity index (χ4v) is 3.22. The second kappa shape index (κ2) is 10.1. The van der Waals surface area contributed by atoms with Gasteiger partial charge in [-0.1, -0.05) is 20.8 Å². The van der Waals surface area contributed by atoms with Crippen molar-refractivity contribution in [1.82, 2.24) is 9.88 Å². The largest absolute Gasteiger partial charge is 0.508 e. The Balaban J connectivity index is 1.89. The molecule has 5 nitrogen and oxygen atoms in total. The lowest BCUT2D eigenvalue weighted by molar-refractivity contribution is 0.224. The predicted molar refractivity (Wildman–Crippen MR) is 118 cm³/mol. The molecule has 0 fully saturated rings. The minimum absolute atomic E-state index is 0.207. The van der Waals surface area contributed by atoms with E-state index < -0.39 is 0 Å². The summed E-state index contributed by atoms with van der Waals surface area (Å²) in [5, 5.41) is 10.7. The monoisotopic (exact) mass is 394 g/mol. The van der Waals surface area contributed by atoms with Crippen LogP contribution in [0.1, 0.15) is 27.2 Å². The highest BCUT2D eigenvalue weighted by atomic mass is 16.5. The molecule has 29 heavy (non-hydrogen) atoms. The summed E-state index contributed by atoms with van der Waals surface area (Å²) >= 11 is 0. The van der Waals surface area contributed by atoms with Crippen LogP contribution in [0.5, 0.6) is 17.2 Å². The van der Waals surface area contributed by atoms with Crippen molar-refractivity contribution in [3.05, 3.63) is 48.5 Å². The Morgan fingerprint density at radius 1 is 0.897 bits per heavy atom. The van der Waals surface area contributed by atoms with E-state index in [2.05, 4.69) is 25.7 Å². The molecular weight excluding hydrogens is 364 g/mol. The summed E-state index contributed by atoms with van der Waals surface area (Å²) in [5.41, 5.74) is 2.63. The van der Waals surface area contributed by atoms with Crippen LogP contribution in [0.15, 0.2) is 48.5 Å². The first-order valence-corrected chi connectivity index (χ1v) is 10.4. The van der Waals surface area contributed by atoms with E-state index in [1.165, 1.54) is 0 Å². The van der Waals surface area contributed by atoms with Gasteiger partial charge in [-0.2, -0.15) is 0 Å². The van der Waals surface area contributed by atoms with Gasteiger partial charge in [0.25, 0.3) is 0 Å². The van der Waals surface area contributed by atoms with Crippen LogP contribution < -0.4 is 9.47 Å². The molecule has 0 saturated carbocycles. The van der Waals surface area contributed by atoms with Crippen molar-refractivity contribution in [2.24, 2.45) is 0 Å². The highest BCUT2D eigenvalue weighted by Gasteiger charge is 2.11. The lowest BCUT2D eigenvalue weighted by atomic mass is 10.1. The maximum absolute atomic E-state index is 9.93. The van der Waals surface area contributed by atoms with E-state index in [1.807, 2.05) is 36.4 Å². The second-order valence-corrected chi connectivity index (χ2v) is 6.96. The molecule has 0 atom stereocenters. The molecular formula is C24H30N2O3. The Kier molecular flexibility index (Phi) is 7.30. The van der Waals surface area contributed by atoms with Crippen LogP contribution in [0.25, 0.3) is 22.2 Å². The van der Waals surface area contributed by atoms with Crippen molar-refractivity contribution in [2.45, 2.75) is 27.2 Å². The molecule has 154 valence electrons. The first-order valence-electron chi connectivity index (χ1n) is 10.4. The SMILES string of the molecule is CCCOc1ccc(-c2cc(OCCN(CC)CC)c3cc(O)ccc3n2)cc1. The van der Waals surface area contributed by atoms with Gasteiger partial charge in [-0.3, -0.25) is 0 Å². The van der Waals surface area contributed by atoms with Crippen molar-refractivity contribution in [1.29, 1.82) is 0 Å². The number of benzene rings is 2. The van der Waals surface area contributed by atoms with E-state index in [0.29, 0.717) is 13.2 Å². The highest BCUT2D eigenvalue weighted by Crippen LogP contribution is 2.32. The maximum atomic E-state index is 9.93. The molecule has 3 rings (SSSR count). The van der Waals surface area contributed by atoms with E-state index in [4.69, 9.17) is 14.5 Å². The molecule has 0 unspecified atom stereocenters. The Morgan fingerprint density at radius 2 is 1.66 bits per heavy atom. The summed E-state index contributed by atoms with van der Waals surface area (Å²) < 4.78 is 11.8. The van der Waals surface area contributed by atoms with Gasteiger partial charge in [-0.05, 0) is 62.0 Å². The Labute approximate surface area is 172 Å². The summed E-state index contributed by atoms with van der Waals surface area (Å²) in [4.78, 5) is 7.09. The molecule has 5 heteroatoms. The first-order chi connectivity index (χ1) is 14.1. The van der Waals surface area contributed by atoms with E-state index in [1.54, 1.807) is 12.1 Å². The second-order valence-electron chi connectivity index (χ2n) is 6.96. The fraction of sp³-hybridized carbons (Fsp3) is 0.375. The molecule has 1 aromatic heterocycles. The normalized spacial score (nSPS) is 11.2. The molecule has 3 aromatic rings. The quantitative estimate of drug-likeness (QED) is 0.517. The Morgan fingerprint density at radius 3 is 2.34 bits per heavy atom. The van der Waals surface area contributed by atoms with E-state index in [9.17, 15) is 5.11 Å². The van der Waals surface area contributed by atoms with Crippen LogP contribution in [0, 0.1) is 0 Å². The molecule has 0 aliphatic carbocycles. The van der Waals surface area contributed by atoms with Gasteiger partial charge in [0.2, 0.25) is 0 Å². The number of pyridine rings is 1. The van der Waals surface area contributed by atoms with E-state index in [0.717, 1.165) is 59.7 Å². The van der Waals surface area contributed by atoms with Crippen molar-refractivity contribution in [2.75, 3.05) is 32.8 Å². The molecule has 0 amide bonds. The average Bonchev–Trinajstić information content (AvgIpc) is 2.75. The molecule has 2 aromatic carbocycles. The lowest BCUT2D eigenvalue weighted by Crippen LogP contribution is -2.27. The molecule has 0 saturated heterocycles. The number of nitrogens with zero attached hydrogens (tertiary/aromatic N) is 2. The van der Waals surface area contributed by atoms with E-state index >= 15 is 0 Å². The van der Waals surface area contributed by atoms with Gasteiger partial charge in [0, 0.05) is 23.6 Å². The third kappa shape index (κ3) is 5.39. The molecule has 0 radical (unpaired) electrons. The molecule has 0 aliphatic heterocycles. The van der Waals surface area contributed by atoms with Crippen molar-refractivity contribution >= 4 is 10.9 Å². The van der Waals surface area contributed by atoms with Gasteiger partial charge < -0.3 is 19.5 Å². The zero-order chi connectivity index (χ0) is 20.6. The molecule has 1 heterocycles. The number of fused-ring (bicyclic) bond motifs is 1. The Hall–Kier alpha value is -2.79. The number of ether oxygens (including phenoxy) is 2. The third-order valence-electron chi connectivity index (χ3n) is 4.94. The first kappa shape index (κ1) is 20.9. The van der Waals surface area contributed by atoms with Crippen molar-refractivity contribution in [3.63, 3.8) is 0 Å². The van der Waals surface area contributed by atoms with E-state index in [-0.39, 0.29) is 5.75 Å². The molecule has 1 N–H and O–H groups in total. The van der Waals surface area contributed by atoms with Crippen LogP contribution in [-0.2, 0) is 0 Å². The topological polar surface area (TPSA) is 54.8 Å². The summed E-state index contributed by atoms with van der Waals surface area (Å²) in [7, 11) is 0. The maximum Gasteiger partial charge on any atom is 0.131 e. The van der Waals surface area contributed by atoms with Crippen molar-refractivity contribution in [3.8, 4) is 28.5 Å². The number of aromatic hydroxyl groups is 1. The van der Waals surface area contributed by atoms with Gasteiger partial charge >= 0.3 is 0 Å². The zero-order valence-electron chi connectivity index (χ0n) is 17.5. The number of rotatable bonds is 10. The minimum Gasteiger partial charge on any atom is -0.508 e. The average molecular weight is 395 g/mol. The van der Waals surface area contributed by atoms with Crippen LogP contribution >= 0.6 is 0 Å². The number of phenols is 1. The number of hydrogen-bond donors (Lipinski definition) is 1. The molecule has 0 spiro atoms. The standard InChI is InChI=1S/C24H30N2O3/c1-4-14-28-20-10-7-18(8-11-20)23-17-24(29-15-13-26(5-2)6-3)21-16-19(27)9-12-22(21)25-23/h7-12,16-17,27H,4-6,13-15H2,1-3H3.